The van der Waals surface area contributed by atoms with Gasteiger partial charge in [-0.05, 0) is 16.3 Å². The van der Waals surface area contributed by atoms with E-state index in [-0.39, 0.29) is 0 Å². The van der Waals surface area contributed by atoms with Crippen molar-refractivity contribution in [2.45, 2.75) is 6.54 Å². The predicted octanol–water partition coefficient (Wildman–Crippen LogP) is 2.89. The summed E-state index contributed by atoms with van der Waals surface area (Å²) in [7, 11) is 0. The number of hydrogen-bond acceptors (Lipinski definition) is 4. The smallest absolute Gasteiger partial charge is 0.203 e. The normalized spacial score (nSPS) is 11.0. The molecule has 0 amide bonds. The Hall–Kier alpha value is -2.95. The van der Waals surface area contributed by atoms with Gasteiger partial charge in [-0.3, -0.25) is 4.40 Å². The number of anilines is 1. The van der Waals surface area contributed by atoms with Crippen molar-refractivity contribution in [3.05, 3.63) is 66.7 Å². The Kier molecular flexibility index (Phi) is 2.74. The highest BCUT2D eigenvalue weighted by atomic mass is 15.2. The summed E-state index contributed by atoms with van der Waals surface area (Å²) < 4.78 is 1.85. The topological polar surface area (TPSA) is 55.1 Å². The summed E-state index contributed by atoms with van der Waals surface area (Å²) in [6.07, 6.45) is 5.24. The third-order valence-corrected chi connectivity index (χ3v) is 3.54. The van der Waals surface area contributed by atoms with E-state index >= 15 is 0 Å². The van der Waals surface area contributed by atoms with E-state index in [1.807, 2.05) is 10.6 Å². The van der Waals surface area contributed by atoms with Crippen LogP contribution in [-0.2, 0) is 6.54 Å². The van der Waals surface area contributed by atoms with Gasteiger partial charge >= 0.3 is 0 Å². The zero-order chi connectivity index (χ0) is 14.1. The van der Waals surface area contributed by atoms with Gasteiger partial charge < -0.3 is 5.32 Å². The fourth-order valence-electron chi connectivity index (χ4n) is 2.51. The maximum atomic E-state index is 4.34. The number of aromatic nitrogens is 4. The molecule has 5 nitrogen and oxygen atoms in total. The Morgan fingerprint density at radius 1 is 1.05 bits per heavy atom. The van der Waals surface area contributed by atoms with Crippen molar-refractivity contribution in [2.75, 3.05) is 5.32 Å². The van der Waals surface area contributed by atoms with E-state index in [2.05, 4.69) is 63.0 Å². The molecule has 0 fully saturated rings. The first-order valence-electron chi connectivity index (χ1n) is 6.77. The number of benzene rings is 2. The Balaban J connectivity index is 1.68. The summed E-state index contributed by atoms with van der Waals surface area (Å²) in [6, 6.07) is 14.7. The van der Waals surface area contributed by atoms with Crippen LogP contribution in [0.1, 0.15) is 5.56 Å². The molecule has 2 heterocycles. The molecule has 4 aromatic rings. The fraction of sp³-hybridized carbons (Fsp3) is 0.0625. The van der Waals surface area contributed by atoms with Crippen LogP contribution in [-0.4, -0.2) is 19.6 Å². The highest BCUT2D eigenvalue weighted by molar-refractivity contribution is 5.85. The number of nitrogens with one attached hydrogen (secondary N) is 1. The van der Waals surface area contributed by atoms with Crippen LogP contribution in [0.2, 0.25) is 0 Å². The van der Waals surface area contributed by atoms with Crippen molar-refractivity contribution in [1.29, 1.82) is 0 Å². The van der Waals surface area contributed by atoms with Crippen LogP contribution in [0.25, 0.3) is 16.4 Å². The first-order valence-corrected chi connectivity index (χ1v) is 6.77. The lowest BCUT2D eigenvalue weighted by molar-refractivity contribution is 1.08. The average Bonchev–Trinajstić information content (AvgIpc) is 3.02. The van der Waals surface area contributed by atoms with E-state index in [0.29, 0.717) is 6.54 Å². The molecule has 5 heteroatoms. The van der Waals surface area contributed by atoms with Crippen molar-refractivity contribution in [2.24, 2.45) is 0 Å². The summed E-state index contributed by atoms with van der Waals surface area (Å²) >= 11 is 0. The highest BCUT2D eigenvalue weighted by Gasteiger charge is 2.05. The van der Waals surface area contributed by atoms with Gasteiger partial charge in [0.2, 0.25) is 5.65 Å². The van der Waals surface area contributed by atoms with E-state index < -0.39 is 0 Å². The molecule has 2 aromatic carbocycles. The Bertz CT molecular complexity index is 907. The van der Waals surface area contributed by atoms with E-state index in [9.17, 15) is 0 Å². The molecule has 2 aromatic heterocycles. The molecule has 0 bridgehead atoms. The molecule has 0 radical (unpaired) electrons. The second-order valence-electron chi connectivity index (χ2n) is 4.83. The van der Waals surface area contributed by atoms with Gasteiger partial charge in [0.25, 0.3) is 0 Å². The molecule has 21 heavy (non-hydrogen) atoms. The van der Waals surface area contributed by atoms with Crippen LogP contribution in [0, 0.1) is 0 Å². The van der Waals surface area contributed by atoms with Gasteiger partial charge in [0.15, 0.2) is 5.82 Å². The SMILES string of the molecule is c1ccc2c(CNc3nccn4cnnc34)cccc2c1. The molecular weight excluding hydrogens is 262 g/mol. The number of hydrogen-bond donors (Lipinski definition) is 1. The minimum absolute atomic E-state index is 0.695. The van der Waals surface area contributed by atoms with Crippen LogP contribution in [0.4, 0.5) is 5.82 Å². The van der Waals surface area contributed by atoms with Gasteiger partial charge in [-0.1, -0.05) is 42.5 Å². The van der Waals surface area contributed by atoms with Gasteiger partial charge in [0.05, 0.1) is 0 Å². The van der Waals surface area contributed by atoms with Crippen LogP contribution < -0.4 is 5.32 Å². The summed E-state index contributed by atoms with van der Waals surface area (Å²) in [5, 5.41) is 13.8. The maximum Gasteiger partial charge on any atom is 0.203 e. The van der Waals surface area contributed by atoms with E-state index in [1.54, 1.807) is 12.5 Å². The van der Waals surface area contributed by atoms with Crippen molar-refractivity contribution < 1.29 is 0 Å². The molecule has 1 N–H and O–H groups in total. The summed E-state index contributed by atoms with van der Waals surface area (Å²) in [6.45, 7) is 0.695. The second-order valence-corrected chi connectivity index (χ2v) is 4.83. The maximum absolute atomic E-state index is 4.34. The molecular formula is C16H13N5. The molecule has 0 spiro atoms. The van der Waals surface area contributed by atoms with Gasteiger partial charge in [0, 0.05) is 18.9 Å². The Morgan fingerprint density at radius 3 is 2.95 bits per heavy atom. The fourth-order valence-corrected chi connectivity index (χ4v) is 2.51. The lowest BCUT2D eigenvalue weighted by atomic mass is 10.0. The predicted molar refractivity (Wildman–Crippen MR) is 82.1 cm³/mol. The van der Waals surface area contributed by atoms with Gasteiger partial charge in [0.1, 0.15) is 6.33 Å². The molecule has 4 rings (SSSR count). The monoisotopic (exact) mass is 275 g/mol. The highest BCUT2D eigenvalue weighted by Crippen LogP contribution is 2.20. The molecule has 102 valence electrons. The molecule has 0 saturated carbocycles. The first-order chi connectivity index (χ1) is 10.4. The van der Waals surface area contributed by atoms with Gasteiger partial charge in [-0.25, -0.2) is 4.98 Å². The Labute approximate surface area is 121 Å². The van der Waals surface area contributed by atoms with E-state index in [1.165, 1.54) is 16.3 Å². The summed E-state index contributed by atoms with van der Waals surface area (Å²) in [4.78, 5) is 4.34. The van der Waals surface area contributed by atoms with Crippen molar-refractivity contribution in [3.63, 3.8) is 0 Å². The summed E-state index contributed by atoms with van der Waals surface area (Å²) in [5.74, 6) is 0.739. The quantitative estimate of drug-likeness (QED) is 0.624. The van der Waals surface area contributed by atoms with Crippen LogP contribution in [0.15, 0.2) is 61.2 Å². The standard InChI is InChI=1S/C16H13N5/c1-2-7-14-12(4-1)5-3-6-13(14)10-18-15-16-20-19-11-21(16)9-8-17-15/h1-9,11H,10H2,(H,17,18). The second kappa shape index (κ2) is 4.86. The van der Waals surface area contributed by atoms with E-state index in [0.717, 1.165) is 11.5 Å². The minimum Gasteiger partial charge on any atom is -0.363 e. The zero-order valence-electron chi connectivity index (χ0n) is 11.3. The van der Waals surface area contributed by atoms with Crippen LogP contribution in [0.5, 0.6) is 0 Å². The minimum atomic E-state index is 0.695. The number of rotatable bonds is 3. The number of fused-ring (bicyclic) bond motifs is 2. The molecule has 0 saturated heterocycles. The van der Waals surface area contributed by atoms with Crippen molar-refractivity contribution >= 4 is 22.2 Å². The van der Waals surface area contributed by atoms with Crippen LogP contribution in [0.3, 0.4) is 0 Å². The molecule has 0 atom stereocenters. The van der Waals surface area contributed by atoms with Crippen LogP contribution >= 0.6 is 0 Å². The summed E-state index contributed by atoms with van der Waals surface area (Å²) in [5.41, 5.74) is 1.97. The largest absolute Gasteiger partial charge is 0.363 e. The Morgan fingerprint density at radius 2 is 1.95 bits per heavy atom. The third kappa shape index (κ3) is 2.08. The third-order valence-electron chi connectivity index (χ3n) is 3.54. The molecule has 0 aliphatic carbocycles. The lowest BCUT2D eigenvalue weighted by Crippen LogP contribution is -2.04. The molecule has 0 aliphatic heterocycles. The number of nitrogens with zero attached hydrogens (tertiary/aromatic N) is 4. The lowest BCUT2D eigenvalue weighted by Gasteiger charge is -2.09. The van der Waals surface area contributed by atoms with E-state index in [4.69, 9.17) is 0 Å². The average molecular weight is 275 g/mol. The van der Waals surface area contributed by atoms with Crippen molar-refractivity contribution in [3.8, 4) is 0 Å². The molecule has 0 aliphatic rings. The van der Waals surface area contributed by atoms with Gasteiger partial charge in [-0.2, -0.15) is 0 Å². The van der Waals surface area contributed by atoms with Crippen molar-refractivity contribution in [1.82, 2.24) is 19.6 Å². The van der Waals surface area contributed by atoms with Gasteiger partial charge in [-0.15, -0.1) is 10.2 Å². The first kappa shape index (κ1) is 11.8. The zero-order valence-corrected chi connectivity index (χ0v) is 11.3. The molecule has 0 unspecified atom stereocenters.